The highest BCUT2D eigenvalue weighted by Gasteiger charge is 2.22. The number of esters is 1. The Morgan fingerprint density at radius 2 is 2.14 bits per heavy atom. The Balaban J connectivity index is 1.86. The average Bonchev–Trinajstić information content (AvgIpc) is 2.44. The van der Waals surface area contributed by atoms with Crippen LogP contribution in [0.5, 0.6) is 0 Å². The Morgan fingerprint density at radius 1 is 1.36 bits per heavy atom. The summed E-state index contributed by atoms with van der Waals surface area (Å²) < 4.78 is 10.3. The number of hydrogen-bond acceptors (Lipinski definition) is 5. The van der Waals surface area contributed by atoms with Crippen molar-refractivity contribution < 1.29 is 19.1 Å². The van der Waals surface area contributed by atoms with Crippen LogP contribution in [0, 0.1) is 0 Å². The highest BCUT2D eigenvalue weighted by Crippen LogP contribution is 2.24. The van der Waals surface area contributed by atoms with Crippen molar-refractivity contribution in [2.24, 2.45) is 0 Å². The molecule has 0 aliphatic carbocycles. The first-order valence-corrected chi connectivity index (χ1v) is 7.14. The lowest BCUT2D eigenvalue weighted by Crippen LogP contribution is -2.34. The third kappa shape index (κ3) is 4.31. The van der Waals surface area contributed by atoms with Crippen LogP contribution in [0.3, 0.4) is 0 Å². The molecule has 0 unspecified atom stereocenters. The van der Waals surface area contributed by atoms with E-state index >= 15 is 0 Å². The number of amides is 1. The summed E-state index contributed by atoms with van der Waals surface area (Å²) in [6.07, 6.45) is 4.90. The van der Waals surface area contributed by atoms with E-state index < -0.39 is 11.7 Å². The summed E-state index contributed by atoms with van der Waals surface area (Å²) in [4.78, 5) is 29.4. The van der Waals surface area contributed by atoms with E-state index in [9.17, 15) is 9.59 Å². The maximum atomic E-state index is 12.1. The van der Waals surface area contributed by atoms with Crippen molar-refractivity contribution >= 4 is 23.8 Å². The second-order valence-corrected chi connectivity index (χ2v) is 5.87. The van der Waals surface area contributed by atoms with Gasteiger partial charge in [0.15, 0.2) is 0 Å². The third-order valence-electron chi connectivity index (χ3n) is 2.84. The van der Waals surface area contributed by atoms with Crippen LogP contribution in [0.25, 0.3) is 6.08 Å². The minimum absolute atomic E-state index is 0.0104. The van der Waals surface area contributed by atoms with Gasteiger partial charge >= 0.3 is 12.1 Å². The Kier molecular flexibility index (Phi) is 4.80. The smallest absolute Gasteiger partial charge is 0.414 e. The van der Waals surface area contributed by atoms with Gasteiger partial charge in [0.2, 0.25) is 0 Å². The summed E-state index contributed by atoms with van der Waals surface area (Å²) in [5, 5.41) is 0. The number of aromatic nitrogens is 1. The van der Waals surface area contributed by atoms with Crippen LogP contribution < -0.4 is 4.90 Å². The minimum Gasteiger partial charge on any atom is -0.460 e. The lowest BCUT2D eigenvalue weighted by Gasteiger charge is -2.24. The molecular weight excluding hydrogens is 284 g/mol. The summed E-state index contributed by atoms with van der Waals surface area (Å²) in [6, 6.07) is 3.57. The number of fused-ring (bicyclic) bond motifs is 1. The van der Waals surface area contributed by atoms with Crippen LogP contribution >= 0.6 is 0 Å². The van der Waals surface area contributed by atoms with Gasteiger partial charge in [0.1, 0.15) is 12.2 Å². The van der Waals surface area contributed by atoms with Gasteiger partial charge in [0.05, 0.1) is 17.8 Å². The van der Waals surface area contributed by atoms with Gasteiger partial charge in [-0.2, -0.15) is 0 Å². The Hall–Kier alpha value is -2.37. The predicted molar refractivity (Wildman–Crippen MR) is 82.4 cm³/mol. The number of pyridine rings is 1. The van der Waals surface area contributed by atoms with E-state index in [4.69, 9.17) is 9.47 Å². The SMILES string of the molecule is CC(C)(C)OC(=O)CCOC(=O)N1CC=Cc2ncccc21. The normalized spacial score (nSPS) is 13.5. The molecule has 1 aliphatic rings. The molecular formula is C16H20N2O4. The number of rotatable bonds is 3. The summed E-state index contributed by atoms with van der Waals surface area (Å²) >= 11 is 0. The fourth-order valence-corrected chi connectivity index (χ4v) is 2.00. The van der Waals surface area contributed by atoms with Crippen molar-refractivity contribution in [1.82, 2.24) is 4.98 Å². The number of ether oxygens (including phenoxy) is 2. The zero-order valence-electron chi connectivity index (χ0n) is 13.0. The maximum Gasteiger partial charge on any atom is 0.414 e. The van der Waals surface area contributed by atoms with Gasteiger partial charge in [-0.25, -0.2) is 4.79 Å². The molecule has 0 bridgehead atoms. The first kappa shape index (κ1) is 16.0. The topological polar surface area (TPSA) is 68.7 Å². The average molecular weight is 304 g/mol. The zero-order valence-corrected chi connectivity index (χ0v) is 13.0. The van der Waals surface area contributed by atoms with E-state index in [1.54, 1.807) is 39.1 Å². The maximum absolute atomic E-state index is 12.1. The van der Waals surface area contributed by atoms with Gasteiger partial charge in [0, 0.05) is 12.7 Å². The molecule has 2 rings (SSSR count). The van der Waals surface area contributed by atoms with Crippen LogP contribution in [-0.2, 0) is 14.3 Å². The molecule has 118 valence electrons. The van der Waals surface area contributed by atoms with Crippen molar-refractivity contribution in [1.29, 1.82) is 0 Å². The molecule has 0 aromatic carbocycles. The fourth-order valence-electron chi connectivity index (χ4n) is 2.00. The van der Waals surface area contributed by atoms with Gasteiger partial charge in [-0.05, 0) is 39.0 Å². The van der Waals surface area contributed by atoms with Crippen molar-refractivity contribution in [3.8, 4) is 0 Å². The predicted octanol–water partition coefficient (Wildman–Crippen LogP) is 2.78. The molecule has 0 saturated heterocycles. The van der Waals surface area contributed by atoms with Gasteiger partial charge in [-0.3, -0.25) is 14.7 Å². The molecule has 0 saturated carbocycles. The number of anilines is 1. The number of carbonyl (C=O) groups is 2. The second kappa shape index (κ2) is 6.60. The first-order chi connectivity index (χ1) is 10.4. The van der Waals surface area contributed by atoms with Crippen molar-refractivity contribution in [3.63, 3.8) is 0 Å². The van der Waals surface area contributed by atoms with Gasteiger partial charge in [-0.15, -0.1) is 0 Å². The molecule has 0 spiro atoms. The molecule has 1 amide bonds. The van der Waals surface area contributed by atoms with Crippen LogP contribution in [0.1, 0.15) is 32.9 Å². The van der Waals surface area contributed by atoms with Crippen molar-refractivity contribution in [2.45, 2.75) is 32.8 Å². The minimum atomic E-state index is -0.538. The van der Waals surface area contributed by atoms with Crippen LogP contribution in [-0.4, -0.2) is 35.8 Å². The number of hydrogen-bond donors (Lipinski definition) is 0. The summed E-state index contributed by atoms with van der Waals surface area (Å²) in [5.74, 6) is -0.388. The van der Waals surface area contributed by atoms with E-state index in [0.717, 1.165) is 5.69 Å². The Morgan fingerprint density at radius 3 is 2.86 bits per heavy atom. The quantitative estimate of drug-likeness (QED) is 0.803. The summed E-state index contributed by atoms with van der Waals surface area (Å²) in [7, 11) is 0. The molecule has 6 nitrogen and oxygen atoms in total. The Labute approximate surface area is 129 Å². The largest absolute Gasteiger partial charge is 0.460 e. The third-order valence-corrected chi connectivity index (χ3v) is 2.84. The van der Waals surface area contributed by atoms with E-state index in [1.807, 2.05) is 12.2 Å². The van der Waals surface area contributed by atoms with Crippen LogP contribution in [0.2, 0.25) is 0 Å². The van der Waals surface area contributed by atoms with E-state index in [1.165, 1.54) is 4.90 Å². The Bertz CT molecular complexity index is 590. The van der Waals surface area contributed by atoms with E-state index in [-0.39, 0.29) is 19.0 Å². The fraction of sp³-hybridized carbons (Fsp3) is 0.438. The van der Waals surface area contributed by atoms with Crippen LogP contribution in [0.4, 0.5) is 10.5 Å². The standard InChI is InChI=1S/C16H20N2O4/c1-16(2,3)22-14(19)8-11-21-15(20)18-10-5-6-12-13(18)7-4-9-17-12/h4-7,9H,8,10-11H2,1-3H3. The lowest BCUT2D eigenvalue weighted by molar-refractivity contribution is -0.155. The molecule has 1 aliphatic heterocycles. The number of nitrogens with zero attached hydrogens (tertiary/aromatic N) is 2. The van der Waals surface area contributed by atoms with Gasteiger partial charge in [0.25, 0.3) is 0 Å². The molecule has 1 aromatic rings. The van der Waals surface area contributed by atoms with Gasteiger partial charge in [-0.1, -0.05) is 6.08 Å². The van der Waals surface area contributed by atoms with Crippen molar-refractivity contribution in [3.05, 3.63) is 30.1 Å². The lowest BCUT2D eigenvalue weighted by atomic mass is 10.2. The van der Waals surface area contributed by atoms with Crippen LogP contribution in [0.15, 0.2) is 24.4 Å². The highest BCUT2D eigenvalue weighted by molar-refractivity contribution is 5.91. The monoisotopic (exact) mass is 304 g/mol. The van der Waals surface area contributed by atoms with E-state index in [0.29, 0.717) is 12.2 Å². The molecule has 22 heavy (non-hydrogen) atoms. The highest BCUT2D eigenvalue weighted by atomic mass is 16.6. The summed E-state index contributed by atoms with van der Waals surface area (Å²) in [6.45, 7) is 5.79. The molecule has 0 atom stereocenters. The van der Waals surface area contributed by atoms with Crippen molar-refractivity contribution in [2.75, 3.05) is 18.1 Å². The summed E-state index contributed by atoms with van der Waals surface area (Å²) in [5.41, 5.74) is 0.883. The molecule has 0 fully saturated rings. The molecule has 1 aromatic heterocycles. The second-order valence-electron chi connectivity index (χ2n) is 5.87. The molecule has 2 heterocycles. The first-order valence-electron chi connectivity index (χ1n) is 7.14. The van der Waals surface area contributed by atoms with Gasteiger partial charge < -0.3 is 9.47 Å². The number of carbonyl (C=O) groups excluding carboxylic acids is 2. The molecule has 0 radical (unpaired) electrons. The molecule has 6 heteroatoms. The van der Waals surface area contributed by atoms with E-state index in [2.05, 4.69) is 4.98 Å². The molecule has 0 N–H and O–H groups in total. The zero-order chi connectivity index (χ0) is 16.2.